The monoisotopic (exact) mass is 335 g/mol. The van der Waals surface area contributed by atoms with Gasteiger partial charge in [0.15, 0.2) is 0 Å². The predicted octanol–water partition coefficient (Wildman–Crippen LogP) is 1.81. The second-order valence-corrected chi connectivity index (χ2v) is 6.51. The van der Waals surface area contributed by atoms with Crippen molar-refractivity contribution in [2.75, 3.05) is 13.1 Å². The van der Waals surface area contributed by atoms with E-state index in [4.69, 9.17) is 4.74 Å². The van der Waals surface area contributed by atoms with Crippen LogP contribution in [0.15, 0.2) is 42.7 Å². The molecule has 2 aromatic heterocycles. The summed E-state index contributed by atoms with van der Waals surface area (Å²) in [6, 6.07) is 9.78. The van der Waals surface area contributed by atoms with Crippen LogP contribution >= 0.6 is 0 Å². The molecule has 0 bridgehead atoms. The Labute approximate surface area is 144 Å². The summed E-state index contributed by atoms with van der Waals surface area (Å²) in [5, 5.41) is 10.1. The van der Waals surface area contributed by atoms with Crippen LogP contribution in [-0.2, 0) is 11.3 Å². The molecule has 0 N–H and O–H groups in total. The summed E-state index contributed by atoms with van der Waals surface area (Å²) >= 11 is 0. The number of hydrogen-bond acceptors (Lipinski definition) is 5. The van der Waals surface area contributed by atoms with Crippen LogP contribution < -0.4 is 0 Å². The molecule has 5 rings (SSSR count). The number of benzene rings is 1. The average Bonchev–Trinajstić information content (AvgIpc) is 3.16. The van der Waals surface area contributed by atoms with Gasteiger partial charge in [0.25, 0.3) is 5.91 Å². The number of fused-ring (bicyclic) bond motifs is 4. The number of aromatic nitrogens is 4. The molecule has 2 aliphatic heterocycles. The molecule has 0 spiro atoms. The molecule has 1 aromatic carbocycles. The molecule has 126 valence electrons. The summed E-state index contributed by atoms with van der Waals surface area (Å²) in [5.41, 5.74) is 1.46. The van der Waals surface area contributed by atoms with E-state index >= 15 is 0 Å². The quantitative estimate of drug-likeness (QED) is 0.678. The lowest BCUT2D eigenvalue weighted by Gasteiger charge is -2.40. The van der Waals surface area contributed by atoms with Crippen LogP contribution in [0.2, 0.25) is 0 Å². The van der Waals surface area contributed by atoms with Crippen molar-refractivity contribution in [3.63, 3.8) is 0 Å². The maximum atomic E-state index is 13.1. The Hall–Kier alpha value is -2.80. The third-order valence-electron chi connectivity index (χ3n) is 5.09. The van der Waals surface area contributed by atoms with Crippen molar-refractivity contribution in [3.05, 3.63) is 54.1 Å². The van der Waals surface area contributed by atoms with Crippen LogP contribution in [0, 0.1) is 0 Å². The molecule has 0 radical (unpaired) electrons. The first-order chi connectivity index (χ1) is 12.3. The van der Waals surface area contributed by atoms with E-state index in [0.717, 1.165) is 22.9 Å². The van der Waals surface area contributed by atoms with Crippen molar-refractivity contribution in [1.29, 1.82) is 0 Å². The summed E-state index contributed by atoms with van der Waals surface area (Å²) in [5.74, 6) is -0.0394. The zero-order valence-electron chi connectivity index (χ0n) is 13.6. The molecule has 0 unspecified atom stereocenters. The number of piperidine rings is 1. The fraction of sp³-hybridized carbons (Fsp3) is 0.333. The smallest absolute Gasteiger partial charge is 0.273 e. The van der Waals surface area contributed by atoms with Gasteiger partial charge in [0.2, 0.25) is 0 Å². The minimum atomic E-state index is -0.0394. The van der Waals surface area contributed by atoms with E-state index in [1.54, 1.807) is 12.4 Å². The number of ether oxygens (including phenoxy) is 1. The first-order valence-electron chi connectivity index (χ1n) is 8.45. The number of hydrogen-bond donors (Lipinski definition) is 0. The van der Waals surface area contributed by atoms with E-state index in [-0.39, 0.29) is 18.1 Å². The Morgan fingerprint density at radius 2 is 2.16 bits per heavy atom. The van der Waals surface area contributed by atoms with Crippen LogP contribution in [0.1, 0.15) is 28.6 Å². The normalized spacial score (nSPS) is 22.5. The van der Waals surface area contributed by atoms with E-state index in [1.165, 1.54) is 0 Å². The van der Waals surface area contributed by atoms with Gasteiger partial charge in [0, 0.05) is 24.7 Å². The summed E-state index contributed by atoms with van der Waals surface area (Å²) in [6.07, 6.45) is 4.30. The summed E-state index contributed by atoms with van der Waals surface area (Å²) in [6.45, 7) is 1.76. The molecule has 1 amide bonds. The minimum Gasteiger partial charge on any atom is -0.370 e. The van der Waals surface area contributed by atoms with E-state index in [1.807, 2.05) is 39.9 Å². The predicted molar refractivity (Wildman–Crippen MR) is 89.9 cm³/mol. The second-order valence-electron chi connectivity index (χ2n) is 6.51. The molecule has 0 saturated carbocycles. The number of rotatable bonds is 1. The number of carbonyl (C=O) groups excluding carboxylic acids is 1. The lowest BCUT2D eigenvalue weighted by atomic mass is 9.99. The number of likely N-dealkylation sites (tertiary alicyclic amines) is 1. The average molecular weight is 335 g/mol. The second kappa shape index (κ2) is 5.63. The van der Waals surface area contributed by atoms with Gasteiger partial charge in [0.1, 0.15) is 5.69 Å². The van der Waals surface area contributed by atoms with Gasteiger partial charge in [-0.15, -0.1) is 5.10 Å². The standard InChI is InChI=1S/C18H17N5O2/c24-18(17-14-4-2-1-3-12(14)5-7-19-17)22-8-6-16-15(10-22)23-13(11-25-16)9-20-21-23/h1-5,7,9,15-16H,6,8,10-11H2/t15-,16+/m0/s1. The van der Waals surface area contributed by atoms with Crippen LogP contribution in [0.3, 0.4) is 0 Å². The van der Waals surface area contributed by atoms with Crippen LogP contribution in [0.4, 0.5) is 0 Å². The zero-order valence-corrected chi connectivity index (χ0v) is 13.6. The van der Waals surface area contributed by atoms with Crippen molar-refractivity contribution in [3.8, 4) is 0 Å². The zero-order chi connectivity index (χ0) is 16.8. The Balaban J connectivity index is 1.47. The highest BCUT2D eigenvalue weighted by Crippen LogP contribution is 2.31. The van der Waals surface area contributed by atoms with Crippen LogP contribution in [0.5, 0.6) is 0 Å². The number of amides is 1. The lowest BCUT2D eigenvalue weighted by Crippen LogP contribution is -2.50. The maximum absolute atomic E-state index is 13.1. The minimum absolute atomic E-state index is 0.0129. The van der Waals surface area contributed by atoms with Gasteiger partial charge in [-0.1, -0.05) is 29.5 Å². The highest BCUT2D eigenvalue weighted by Gasteiger charge is 2.38. The maximum Gasteiger partial charge on any atom is 0.273 e. The fourth-order valence-corrected chi connectivity index (χ4v) is 3.80. The topological polar surface area (TPSA) is 73.1 Å². The molecule has 7 heteroatoms. The number of pyridine rings is 1. The Morgan fingerprint density at radius 3 is 3.12 bits per heavy atom. The largest absolute Gasteiger partial charge is 0.370 e. The van der Waals surface area contributed by atoms with E-state index in [2.05, 4.69) is 15.3 Å². The molecule has 1 saturated heterocycles. The SMILES string of the molecule is O=C(c1nccc2ccccc12)N1CC[C@H]2OCc3cnnn3[C@H]2C1. The lowest BCUT2D eigenvalue weighted by molar-refractivity contribution is -0.0605. The molecule has 3 aromatic rings. The molecule has 4 heterocycles. The van der Waals surface area contributed by atoms with E-state index in [0.29, 0.717) is 25.4 Å². The van der Waals surface area contributed by atoms with Gasteiger partial charge in [-0.3, -0.25) is 9.78 Å². The fourth-order valence-electron chi connectivity index (χ4n) is 3.80. The van der Waals surface area contributed by atoms with Crippen molar-refractivity contribution < 1.29 is 9.53 Å². The highest BCUT2D eigenvalue weighted by molar-refractivity contribution is 6.05. The summed E-state index contributed by atoms with van der Waals surface area (Å²) in [7, 11) is 0. The molecule has 7 nitrogen and oxygen atoms in total. The summed E-state index contributed by atoms with van der Waals surface area (Å²) < 4.78 is 7.82. The van der Waals surface area contributed by atoms with Crippen molar-refractivity contribution >= 4 is 16.7 Å². The number of carbonyl (C=O) groups is 1. The third-order valence-corrected chi connectivity index (χ3v) is 5.09. The Kier molecular flexibility index (Phi) is 3.27. The van der Waals surface area contributed by atoms with Crippen LogP contribution in [0.25, 0.3) is 10.8 Å². The van der Waals surface area contributed by atoms with Gasteiger partial charge in [-0.25, -0.2) is 4.68 Å². The Bertz CT molecular complexity index is 948. The molecule has 25 heavy (non-hydrogen) atoms. The molecule has 1 fully saturated rings. The Morgan fingerprint density at radius 1 is 1.24 bits per heavy atom. The van der Waals surface area contributed by atoms with Gasteiger partial charge in [-0.05, 0) is 17.9 Å². The van der Waals surface area contributed by atoms with E-state index in [9.17, 15) is 4.79 Å². The first kappa shape index (κ1) is 14.5. The molecule has 0 aliphatic carbocycles. The molecular formula is C18H17N5O2. The van der Waals surface area contributed by atoms with Gasteiger partial charge in [-0.2, -0.15) is 0 Å². The van der Waals surface area contributed by atoms with Gasteiger partial charge >= 0.3 is 0 Å². The van der Waals surface area contributed by atoms with Crippen molar-refractivity contribution in [1.82, 2.24) is 24.9 Å². The van der Waals surface area contributed by atoms with E-state index < -0.39 is 0 Å². The van der Waals surface area contributed by atoms with Crippen molar-refractivity contribution in [2.24, 2.45) is 0 Å². The summed E-state index contributed by atoms with van der Waals surface area (Å²) in [4.78, 5) is 19.3. The molecule has 2 aliphatic rings. The van der Waals surface area contributed by atoms with Gasteiger partial charge < -0.3 is 9.64 Å². The van der Waals surface area contributed by atoms with Gasteiger partial charge in [0.05, 0.1) is 30.6 Å². The third kappa shape index (κ3) is 2.31. The van der Waals surface area contributed by atoms with Crippen LogP contribution in [-0.4, -0.2) is 50.0 Å². The molecular weight excluding hydrogens is 318 g/mol. The highest BCUT2D eigenvalue weighted by atomic mass is 16.5. The number of nitrogens with zero attached hydrogens (tertiary/aromatic N) is 5. The van der Waals surface area contributed by atoms with Crippen molar-refractivity contribution in [2.45, 2.75) is 25.2 Å². The molecule has 2 atom stereocenters. The first-order valence-corrected chi connectivity index (χ1v) is 8.45.